The summed E-state index contributed by atoms with van der Waals surface area (Å²) in [7, 11) is 2.17. The van der Waals surface area contributed by atoms with E-state index in [2.05, 4.69) is 63.6 Å². The SMILES string of the molecule is CCC(c1ccncc1)N(C)Cc1cccc2cncn12. The number of aromatic nitrogens is 3. The predicted molar refractivity (Wildman–Crippen MR) is 83.9 cm³/mol. The third kappa shape index (κ3) is 2.81. The van der Waals surface area contributed by atoms with Crippen LogP contribution >= 0.6 is 0 Å². The van der Waals surface area contributed by atoms with Crippen molar-refractivity contribution in [1.29, 1.82) is 0 Å². The first-order valence-corrected chi connectivity index (χ1v) is 7.29. The van der Waals surface area contributed by atoms with Crippen LogP contribution in [-0.4, -0.2) is 26.3 Å². The van der Waals surface area contributed by atoms with Gasteiger partial charge in [-0.05, 0) is 43.3 Å². The zero-order valence-electron chi connectivity index (χ0n) is 12.5. The quantitative estimate of drug-likeness (QED) is 0.719. The first kappa shape index (κ1) is 13.8. The fourth-order valence-electron chi connectivity index (χ4n) is 2.89. The van der Waals surface area contributed by atoms with Crippen molar-refractivity contribution >= 4 is 5.52 Å². The van der Waals surface area contributed by atoms with Crippen molar-refractivity contribution in [2.75, 3.05) is 7.05 Å². The average molecular weight is 280 g/mol. The van der Waals surface area contributed by atoms with Crippen LogP contribution in [0.5, 0.6) is 0 Å². The van der Waals surface area contributed by atoms with Gasteiger partial charge in [0.1, 0.15) is 0 Å². The van der Waals surface area contributed by atoms with Gasteiger partial charge in [-0.15, -0.1) is 0 Å². The summed E-state index contributed by atoms with van der Waals surface area (Å²) in [4.78, 5) is 10.7. The van der Waals surface area contributed by atoms with E-state index in [9.17, 15) is 0 Å². The highest BCUT2D eigenvalue weighted by molar-refractivity contribution is 5.45. The summed E-state index contributed by atoms with van der Waals surface area (Å²) in [5, 5.41) is 0. The van der Waals surface area contributed by atoms with Gasteiger partial charge in [-0.2, -0.15) is 0 Å². The minimum atomic E-state index is 0.395. The van der Waals surface area contributed by atoms with E-state index in [0.717, 1.165) is 18.5 Å². The molecule has 4 heteroatoms. The van der Waals surface area contributed by atoms with Gasteiger partial charge in [0, 0.05) is 30.7 Å². The lowest BCUT2D eigenvalue weighted by atomic mass is 10.0. The van der Waals surface area contributed by atoms with Crippen molar-refractivity contribution in [3.05, 3.63) is 66.5 Å². The Balaban J connectivity index is 1.85. The molecule has 0 aliphatic rings. The maximum atomic E-state index is 4.23. The Morgan fingerprint density at radius 3 is 2.71 bits per heavy atom. The van der Waals surface area contributed by atoms with Crippen molar-refractivity contribution in [1.82, 2.24) is 19.3 Å². The monoisotopic (exact) mass is 280 g/mol. The molecule has 21 heavy (non-hydrogen) atoms. The van der Waals surface area contributed by atoms with Gasteiger partial charge >= 0.3 is 0 Å². The fraction of sp³-hybridized carbons (Fsp3) is 0.294. The van der Waals surface area contributed by atoms with E-state index in [4.69, 9.17) is 0 Å². The number of pyridine rings is 2. The van der Waals surface area contributed by atoms with E-state index in [0.29, 0.717) is 6.04 Å². The molecule has 1 unspecified atom stereocenters. The highest BCUT2D eigenvalue weighted by atomic mass is 15.1. The third-order valence-corrected chi connectivity index (χ3v) is 3.95. The molecule has 0 fully saturated rings. The minimum Gasteiger partial charge on any atom is -0.302 e. The lowest BCUT2D eigenvalue weighted by Crippen LogP contribution is -2.24. The molecule has 3 heterocycles. The fourth-order valence-corrected chi connectivity index (χ4v) is 2.89. The van der Waals surface area contributed by atoms with Crippen LogP contribution in [0.4, 0.5) is 0 Å². The lowest BCUT2D eigenvalue weighted by molar-refractivity contribution is 0.227. The molecular weight excluding hydrogens is 260 g/mol. The largest absolute Gasteiger partial charge is 0.302 e. The molecular formula is C17H20N4. The number of rotatable bonds is 5. The van der Waals surface area contributed by atoms with Crippen LogP contribution in [0.1, 0.15) is 30.6 Å². The highest BCUT2D eigenvalue weighted by Crippen LogP contribution is 2.24. The van der Waals surface area contributed by atoms with Crippen molar-refractivity contribution < 1.29 is 0 Å². The molecule has 0 radical (unpaired) electrons. The Hall–Kier alpha value is -2.20. The Labute approximate surface area is 125 Å². The molecule has 0 bridgehead atoms. The van der Waals surface area contributed by atoms with Gasteiger partial charge in [-0.3, -0.25) is 9.88 Å². The number of nitrogens with zero attached hydrogens (tertiary/aromatic N) is 4. The first-order valence-electron chi connectivity index (χ1n) is 7.29. The summed E-state index contributed by atoms with van der Waals surface area (Å²) in [6.45, 7) is 3.11. The van der Waals surface area contributed by atoms with Gasteiger partial charge in [-0.25, -0.2) is 4.98 Å². The zero-order chi connectivity index (χ0) is 14.7. The summed E-state index contributed by atoms with van der Waals surface area (Å²) in [6, 6.07) is 10.9. The number of hydrogen-bond donors (Lipinski definition) is 0. The van der Waals surface area contributed by atoms with Gasteiger partial charge in [0.15, 0.2) is 0 Å². The van der Waals surface area contributed by atoms with E-state index in [-0.39, 0.29) is 0 Å². The van der Waals surface area contributed by atoms with E-state index in [1.807, 2.05) is 24.9 Å². The molecule has 0 aliphatic heterocycles. The second kappa shape index (κ2) is 6.06. The lowest BCUT2D eigenvalue weighted by Gasteiger charge is -2.27. The van der Waals surface area contributed by atoms with Crippen molar-refractivity contribution in [3.8, 4) is 0 Å². The van der Waals surface area contributed by atoms with Crippen molar-refractivity contribution in [2.45, 2.75) is 25.9 Å². The van der Waals surface area contributed by atoms with Gasteiger partial charge in [0.2, 0.25) is 0 Å². The molecule has 0 aromatic carbocycles. The molecule has 3 rings (SSSR count). The number of hydrogen-bond acceptors (Lipinski definition) is 3. The standard InChI is InChI=1S/C17H20N4/c1-3-17(14-7-9-18-10-8-14)20(2)12-16-6-4-5-15-11-19-13-21(15)16/h4-11,13,17H,3,12H2,1-2H3. The van der Waals surface area contributed by atoms with Crippen LogP contribution in [0, 0.1) is 0 Å². The topological polar surface area (TPSA) is 33.4 Å². The van der Waals surface area contributed by atoms with Crippen LogP contribution in [0.3, 0.4) is 0 Å². The second-order valence-corrected chi connectivity index (χ2v) is 5.33. The Bertz CT molecular complexity index is 705. The summed E-state index contributed by atoms with van der Waals surface area (Å²) in [5.74, 6) is 0. The van der Waals surface area contributed by atoms with E-state index in [1.54, 1.807) is 0 Å². The summed E-state index contributed by atoms with van der Waals surface area (Å²) in [6.07, 6.45) is 8.57. The van der Waals surface area contributed by atoms with Crippen LogP contribution < -0.4 is 0 Å². The molecule has 0 saturated heterocycles. The highest BCUT2D eigenvalue weighted by Gasteiger charge is 2.16. The van der Waals surface area contributed by atoms with Crippen molar-refractivity contribution in [3.63, 3.8) is 0 Å². The van der Waals surface area contributed by atoms with Gasteiger partial charge in [0.05, 0.1) is 18.0 Å². The predicted octanol–water partition coefficient (Wildman–Crippen LogP) is 3.31. The van der Waals surface area contributed by atoms with Crippen LogP contribution in [0.25, 0.3) is 5.52 Å². The molecule has 0 amide bonds. The summed E-state index contributed by atoms with van der Waals surface area (Å²) >= 11 is 0. The second-order valence-electron chi connectivity index (χ2n) is 5.33. The molecule has 0 aliphatic carbocycles. The Morgan fingerprint density at radius 2 is 1.95 bits per heavy atom. The van der Waals surface area contributed by atoms with Gasteiger partial charge in [0.25, 0.3) is 0 Å². The van der Waals surface area contributed by atoms with Crippen LogP contribution in [-0.2, 0) is 6.54 Å². The molecule has 1 atom stereocenters. The molecule has 108 valence electrons. The first-order chi connectivity index (χ1) is 10.3. The molecule has 0 saturated carbocycles. The maximum absolute atomic E-state index is 4.23. The number of imidazole rings is 1. The van der Waals surface area contributed by atoms with E-state index in [1.165, 1.54) is 11.3 Å². The minimum absolute atomic E-state index is 0.395. The van der Waals surface area contributed by atoms with Crippen LogP contribution in [0.15, 0.2) is 55.2 Å². The maximum Gasteiger partial charge on any atom is 0.0994 e. The summed E-state index contributed by atoms with van der Waals surface area (Å²) in [5.41, 5.74) is 3.70. The smallest absolute Gasteiger partial charge is 0.0994 e. The molecule has 0 N–H and O–H groups in total. The Morgan fingerprint density at radius 1 is 1.14 bits per heavy atom. The average Bonchev–Trinajstić information content (AvgIpc) is 2.99. The summed E-state index contributed by atoms with van der Waals surface area (Å²) < 4.78 is 2.15. The third-order valence-electron chi connectivity index (χ3n) is 3.95. The van der Waals surface area contributed by atoms with Gasteiger partial charge < -0.3 is 4.40 Å². The van der Waals surface area contributed by atoms with Crippen LogP contribution in [0.2, 0.25) is 0 Å². The zero-order valence-corrected chi connectivity index (χ0v) is 12.5. The van der Waals surface area contributed by atoms with Crippen molar-refractivity contribution in [2.24, 2.45) is 0 Å². The Kier molecular flexibility index (Phi) is 3.97. The van der Waals surface area contributed by atoms with Gasteiger partial charge in [-0.1, -0.05) is 13.0 Å². The molecule has 0 spiro atoms. The van der Waals surface area contributed by atoms with E-state index >= 15 is 0 Å². The molecule has 3 aromatic heterocycles. The van der Waals surface area contributed by atoms with E-state index < -0.39 is 0 Å². The number of fused-ring (bicyclic) bond motifs is 1. The molecule has 3 aromatic rings. The molecule has 4 nitrogen and oxygen atoms in total. The normalized spacial score (nSPS) is 12.9.